The Morgan fingerprint density at radius 1 is 1.36 bits per heavy atom. The molecule has 1 atom stereocenters. The Hall–Kier alpha value is -2.25. The molecule has 1 fully saturated rings. The zero-order chi connectivity index (χ0) is 15.7. The SMILES string of the molecule is Cc1csc([C@H]2COCN2C(=O)c2ccccc2C(N)=O)n1. The number of carbonyl (C=O) groups is 2. The number of benzene rings is 1. The minimum absolute atomic E-state index is 0.176. The first kappa shape index (κ1) is 14.7. The van der Waals surface area contributed by atoms with Crippen molar-refractivity contribution in [2.45, 2.75) is 13.0 Å². The van der Waals surface area contributed by atoms with Crippen molar-refractivity contribution >= 4 is 23.2 Å². The van der Waals surface area contributed by atoms with Crippen LogP contribution in [0.4, 0.5) is 0 Å². The largest absolute Gasteiger partial charge is 0.366 e. The molecule has 114 valence electrons. The van der Waals surface area contributed by atoms with Gasteiger partial charge in [0.15, 0.2) is 0 Å². The smallest absolute Gasteiger partial charge is 0.257 e. The van der Waals surface area contributed by atoms with Gasteiger partial charge >= 0.3 is 0 Å². The number of hydrogen-bond acceptors (Lipinski definition) is 5. The zero-order valence-electron chi connectivity index (χ0n) is 12.0. The molecule has 1 aromatic carbocycles. The fraction of sp³-hybridized carbons (Fsp3) is 0.267. The molecule has 0 radical (unpaired) electrons. The summed E-state index contributed by atoms with van der Waals surface area (Å²) in [5.41, 5.74) is 6.77. The molecule has 1 aliphatic heterocycles. The standard InChI is InChI=1S/C15H15N3O3S/c1-9-7-22-14(17-9)12-6-21-8-18(12)15(20)11-5-3-2-4-10(11)13(16)19/h2-5,7,12H,6,8H2,1H3,(H2,16,19)/t12-/m1/s1. The Morgan fingerprint density at radius 2 is 2.09 bits per heavy atom. The summed E-state index contributed by atoms with van der Waals surface area (Å²) in [6.07, 6.45) is 0. The van der Waals surface area contributed by atoms with E-state index in [0.717, 1.165) is 10.7 Å². The number of rotatable bonds is 3. The number of aryl methyl sites for hydroxylation is 1. The van der Waals surface area contributed by atoms with Crippen molar-refractivity contribution in [3.05, 3.63) is 51.5 Å². The molecule has 2 N–H and O–H groups in total. The molecule has 3 rings (SSSR count). The molecule has 0 unspecified atom stereocenters. The lowest BCUT2D eigenvalue weighted by atomic mass is 10.1. The number of thiazole rings is 1. The number of amides is 2. The summed E-state index contributed by atoms with van der Waals surface area (Å²) < 4.78 is 5.43. The van der Waals surface area contributed by atoms with E-state index < -0.39 is 5.91 Å². The molecule has 0 saturated carbocycles. The Morgan fingerprint density at radius 3 is 2.73 bits per heavy atom. The number of primary amides is 1. The lowest BCUT2D eigenvalue weighted by Gasteiger charge is -2.21. The molecular weight excluding hydrogens is 302 g/mol. The maximum absolute atomic E-state index is 12.8. The van der Waals surface area contributed by atoms with Gasteiger partial charge in [0.25, 0.3) is 5.91 Å². The van der Waals surface area contributed by atoms with E-state index in [4.69, 9.17) is 10.5 Å². The lowest BCUT2D eigenvalue weighted by Crippen LogP contribution is -2.33. The highest BCUT2D eigenvalue weighted by atomic mass is 32.1. The van der Waals surface area contributed by atoms with Crippen LogP contribution in [0.1, 0.15) is 37.5 Å². The van der Waals surface area contributed by atoms with Crippen LogP contribution in [-0.2, 0) is 4.74 Å². The van der Waals surface area contributed by atoms with Crippen LogP contribution >= 0.6 is 11.3 Å². The van der Waals surface area contributed by atoms with Gasteiger partial charge in [-0.25, -0.2) is 4.98 Å². The summed E-state index contributed by atoms with van der Waals surface area (Å²) in [4.78, 5) is 30.3. The van der Waals surface area contributed by atoms with Gasteiger partial charge in [-0.1, -0.05) is 12.1 Å². The average Bonchev–Trinajstić information content (AvgIpc) is 3.14. The van der Waals surface area contributed by atoms with Crippen molar-refractivity contribution < 1.29 is 14.3 Å². The summed E-state index contributed by atoms with van der Waals surface area (Å²) in [7, 11) is 0. The van der Waals surface area contributed by atoms with Crippen molar-refractivity contribution in [3.8, 4) is 0 Å². The molecule has 2 heterocycles. The summed E-state index contributed by atoms with van der Waals surface area (Å²) in [5, 5.41) is 2.77. The maximum atomic E-state index is 12.8. The van der Waals surface area contributed by atoms with Crippen LogP contribution in [0.15, 0.2) is 29.6 Å². The second kappa shape index (κ2) is 5.86. The van der Waals surface area contributed by atoms with Gasteiger partial charge in [0.05, 0.1) is 17.7 Å². The third-order valence-electron chi connectivity index (χ3n) is 3.49. The van der Waals surface area contributed by atoms with E-state index in [1.54, 1.807) is 29.2 Å². The van der Waals surface area contributed by atoms with Gasteiger partial charge in [0.2, 0.25) is 5.91 Å². The van der Waals surface area contributed by atoms with E-state index in [1.807, 2.05) is 12.3 Å². The first-order valence-corrected chi connectivity index (χ1v) is 7.65. The molecular formula is C15H15N3O3S. The van der Waals surface area contributed by atoms with Crippen LogP contribution in [0.2, 0.25) is 0 Å². The Kier molecular flexibility index (Phi) is 3.91. The first-order chi connectivity index (χ1) is 10.6. The summed E-state index contributed by atoms with van der Waals surface area (Å²) in [6, 6.07) is 6.31. The molecule has 0 bridgehead atoms. The summed E-state index contributed by atoms with van der Waals surface area (Å²) in [6.45, 7) is 2.48. The van der Waals surface area contributed by atoms with E-state index in [2.05, 4.69) is 4.98 Å². The zero-order valence-corrected chi connectivity index (χ0v) is 12.8. The van der Waals surface area contributed by atoms with Gasteiger partial charge in [-0.2, -0.15) is 0 Å². The fourth-order valence-electron chi connectivity index (χ4n) is 2.41. The molecule has 2 aromatic rings. The minimum Gasteiger partial charge on any atom is -0.366 e. The number of nitrogens with two attached hydrogens (primary N) is 1. The monoisotopic (exact) mass is 317 g/mol. The Bertz CT molecular complexity index is 728. The number of aromatic nitrogens is 1. The van der Waals surface area contributed by atoms with Gasteiger partial charge in [-0.3, -0.25) is 9.59 Å². The average molecular weight is 317 g/mol. The molecule has 7 heteroatoms. The predicted octanol–water partition coefficient (Wildman–Crippen LogP) is 1.72. The normalized spacial score (nSPS) is 17.7. The van der Waals surface area contributed by atoms with Crippen molar-refractivity contribution in [1.82, 2.24) is 9.88 Å². The number of ether oxygens (including phenoxy) is 1. The number of carbonyl (C=O) groups excluding carboxylic acids is 2. The highest BCUT2D eigenvalue weighted by Crippen LogP contribution is 2.30. The molecule has 22 heavy (non-hydrogen) atoms. The van der Waals surface area contributed by atoms with Gasteiger partial charge in [0.1, 0.15) is 17.8 Å². The van der Waals surface area contributed by atoms with Crippen LogP contribution in [0.5, 0.6) is 0 Å². The van der Waals surface area contributed by atoms with Crippen molar-refractivity contribution in [2.24, 2.45) is 5.73 Å². The van der Waals surface area contributed by atoms with Crippen molar-refractivity contribution in [1.29, 1.82) is 0 Å². The Balaban J connectivity index is 1.93. The molecule has 1 saturated heterocycles. The molecule has 2 amide bonds. The van der Waals surface area contributed by atoms with Gasteiger partial charge in [0, 0.05) is 11.1 Å². The van der Waals surface area contributed by atoms with Crippen LogP contribution in [0, 0.1) is 6.92 Å². The maximum Gasteiger partial charge on any atom is 0.257 e. The van der Waals surface area contributed by atoms with E-state index in [1.165, 1.54) is 11.3 Å². The third-order valence-corrected chi connectivity index (χ3v) is 4.55. The van der Waals surface area contributed by atoms with E-state index in [0.29, 0.717) is 12.2 Å². The third kappa shape index (κ3) is 2.60. The highest BCUT2D eigenvalue weighted by Gasteiger charge is 2.34. The van der Waals surface area contributed by atoms with E-state index >= 15 is 0 Å². The predicted molar refractivity (Wildman–Crippen MR) is 81.5 cm³/mol. The highest BCUT2D eigenvalue weighted by molar-refractivity contribution is 7.09. The van der Waals surface area contributed by atoms with Crippen LogP contribution in [0.25, 0.3) is 0 Å². The van der Waals surface area contributed by atoms with Crippen LogP contribution < -0.4 is 5.73 Å². The Labute approximate surface area is 131 Å². The van der Waals surface area contributed by atoms with Crippen molar-refractivity contribution in [3.63, 3.8) is 0 Å². The lowest BCUT2D eigenvalue weighted by molar-refractivity contribution is 0.0655. The fourth-order valence-corrected chi connectivity index (χ4v) is 3.30. The molecule has 1 aromatic heterocycles. The van der Waals surface area contributed by atoms with Crippen LogP contribution in [0.3, 0.4) is 0 Å². The number of hydrogen-bond donors (Lipinski definition) is 1. The molecule has 0 aliphatic carbocycles. The quantitative estimate of drug-likeness (QED) is 0.934. The van der Waals surface area contributed by atoms with Crippen molar-refractivity contribution in [2.75, 3.05) is 13.3 Å². The molecule has 6 nitrogen and oxygen atoms in total. The second-order valence-electron chi connectivity index (χ2n) is 5.03. The van der Waals surface area contributed by atoms with Gasteiger partial charge in [-0.15, -0.1) is 11.3 Å². The van der Waals surface area contributed by atoms with E-state index in [9.17, 15) is 9.59 Å². The minimum atomic E-state index is -0.620. The summed E-state index contributed by atoms with van der Waals surface area (Å²) >= 11 is 1.50. The molecule has 1 aliphatic rings. The summed E-state index contributed by atoms with van der Waals surface area (Å²) in [5.74, 6) is -0.893. The van der Waals surface area contributed by atoms with E-state index in [-0.39, 0.29) is 24.2 Å². The second-order valence-corrected chi connectivity index (χ2v) is 5.92. The van der Waals surface area contributed by atoms with Crippen LogP contribution in [-0.4, -0.2) is 35.0 Å². The topological polar surface area (TPSA) is 85.5 Å². The molecule has 0 spiro atoms. The van der Waals surface area contributed by atoms with Gasteiger partial charge in [-0.05, 0) is 19.1 Å². The number of nitrogens with zero attached hydrogens (tertiary/aromatic N) is 2. The van der Waals surface area contributed by atoms with Gasteiger partial charge < -0.3 is 15.4 Å². The first-order valence-electron chi connectivity index (χ1n) is 6.77.